The Kier molecular flexibility index (Phi) is 3.79. The maximum Gasteiger partial charge on any atom is 0.309 e. The van der Waals surface area contributed by atoms with Gasteiger partial charge in [0.2, 0.25) is 4.34 Å². The lowest BCUT2D eigenvalue weighted by Gasteiger charge is -1.94. The zero-order valence-corrected chi connectivity index (χ0v) is 13.2. The Bertz CT molecular complexity index is 880. The van der Waals surface area contributed by atoms with Crippen molar-refractivity contribution in [1.29, 1.82) is 0 Å². The topological polar surface area (TPSA) is 59.4 Å². The molecular formula is C14H10N2O2S3. The molecular weight excluding hydrogens is 324 g/mol. The van der Waals surface area contributed by atoms with E-state index in [0.29, 0.717) is 11.1 Å². The zero-order chi connectivity index (χ0) is 14.9. The van der Waals surface area contributed by atoms with E-state index in [-0.39, 0.29) is 4.34 Å². The van der Waals surface area contributed by atoms with Gasteiger partial charge in [0.05, 0.1) is 10.2 Å². The fourth-order valence-corrected chi connectivity index (χ4v) is 3.93. The van der Waals surface area contributed by atoms with Crippen molar-refractivity contribution in [3.63, 3.8) is 0 Å². The van der Waals surface area contributed by atoms with Gasteiger partial charge in [-0.1, -0.05) is 24.3 Å². The summed E-state index contributed by atoms with van der Waals surface area (Å²) < 4.78 is 28.9. The Morgan fingerprint density at radius 2 is 1.81 bits per heavy atom. The molecule has 4 nitrogen and oxygen atoms in total. The highest BCUT2D eigenvalue weighted by molar-refractivity contribution is 7.92. The number of sulfonamides is 1. The maximum absolute atomic E-state index is 12.2. The molecule has 2 aromatic carbocycles. The summed E-state index contributed by atoms with van der Waals surface area (Å²) in [6.07, 6.45) is 1.31. The number of aromatic nitrogens is 1. The SMILES string of the molecule is O=S(=O)(N=Cc1ccc(S)cc1)c1nc2ccccc2s1. The van der Waals surface area contributed by atoms with Crippen LogP contribution in [0.1, 0.15) is 5.56 Å². The second-order valence-corrected chi connectivity index (χ2v) is 7.60. The molecule has 21 heavy (non-hydrogen) atoms. The minimum Gasteiger partial charge on any atom is -0.223 e. The standard InChI is InChI=1S/C14H10N2O2S3/c17-21(18,15-9-10-5-7-11(19)8-6-10)14-16-12-3-1-2-4-13(12)20-14/h1-9,19H. The fourth-order valence-electron chi connectivity index (χ4n) is 1.70. The predicted octanol–water partition coefficient (Wildman–Crippen LogP) is 3.39. The molecule has 0 fully saturated rings. The fraction of sp³-hybridized carbons (Fsp3) is 0. The Balaban J connectivity index is 1.94. The Morgan fingerprint density at radius 1 is 1.10 bits per heavy atom. The smallest absolute Gasteiger partial charge is 0.223 e. The number of rotatable bonds is 3. The minimum atomic E-state index is -3.77. The first-order chi connectivity index (χ1) is 10.0. The molecule has 1 aromatic heterocycles. The van der Waals surface area contributed by atoms with Crippen molar-refractivity contribution in [3.05, 3.63) is 54.1 Å². The van der Waals surface area contributed by atoms with Crippen molar-refractivity contribution in [2.24, 2.45) is 4.40 Å². The van der Waals surface area contributed by atoms with Gasteiger partial charge in [-0.25, -0.2) is 4.98 Å². The number of thiol groups is 1. The van der Waals surface area contributed by atoms with Crippen molar-refractivity contribution in [2.75, 3.05) is 0 Å². The molecule has 3 rings (SSSR count). The van der Waals surface area contributed by atoms with Gasteiger partial charge in [0.25, 0.3) is 0 Å². The van der Waals surface area contributed by atoms with E-state index < -0.39 is 10.0 Å². The molecule has 7 heteroatoms. The van der Waals surface area contributed by atoms with E-state index in [1.165, 1.54) is 6.21 Å². The van der Waals surface area contributed by atoms with Crippen LogP contribution in [0.5, 0.6) is 0 Å². The molecule has 0 bridgehead atoms. The molecule has 0 saturated heterocycles. The molecule has 1 heterocycles. The average Bonchev–Trinajstić information content (AvgIpc) is 2.91. The molecule has 3 aromatic rings. The molecule has 0 aliphatic rings. The summed E-state index contributed by atoms with van der Waals surface area (Å²) in [6.45, 7) is 0. The summed E-state index contributed by atoms with van der Waals surface area (Å²) in [5, 5.41) is 0. The first-order valence-electron chi connectivity index (χ1n) is 5.99. The number of hydrogen-bond donors (Lipinski definition) is 1. The van der Waals surface area contributed by atoms with E-state index in [9.17, 15) is 8.42 Å². The van der Waals surface area contributed by atoms with Gasteiger partial charge in [-0.3, -0.25) is 0 Å². The van der Waals surface area contributed by atoms with Crippen LogP contribution in [0.15, 0.2) is 62.2 Å². The van der Waals surface area contributed by atoms with Crippen molar-refractivity contribution in [2.45, 2.75) is 9.24 Å². The van der Waals surface area contributed by atoms with E-state index in [0.717, 1.165) is 20.9 Å². The minimum absolute atomic E-state index is 0.00534. The Morgan fingerprint density at radius 3 is 2.52 bits per heavy atom. The summed E-state index contributed by atoms with van der Waals surface area (Å²) in [5.41, 5.74) is 1.35. The van der Waals surface area contributed by atoms with Crippen molar-refractivity contribution in [3.8, 4) is 0 Å². The predicted molar refractivity (Wildman–Crippen MR) is 88.1 cm³/mol. The first kappa shape index (κ1) is 14.2. The highest BCUT2D eigenvalue weighted by atomic mass is 32.2. The molecule has 106 valence electrons. The van der Waals surface area contributed by atoms with E-state index >= 15 is 0 Å². The number of para-hydroxylation sites is 1. The quantitative estimate of drug-likeness (QED) is 0.590. The molecule has 0 radical (unpaired) electrons. The molecule has 0 spiro atoms. The highest BCUT2D eigenvalue weighted by Gasteiger charge is 2.17. The van der Waals surface area contributed by atoms with Gasteiger partial charge in [-0.05, 0) is 29.8 Å². The van der Waals surface area contributed by atoms with Crippen LogP contribution < -0.4 is 0 Å². The second kappa shape index (κ2) is 5.59. The number of hydrogen-bond acceptors (Lipinski definition) is 5. The monoisotopic (exact) mass is 334 g/mol. The van der Waals surface area contributed by atoms with Crippen LogP contribution in [-0.2, 0) is 10.0 Å². The summed E-state index contributed by atoms with van der Waals surface area (Å²) in [4.78, 5) is 4.92. The second-order valence-electron chi connectivity index (χ2n) is 4.25. The van der Waals surface area contributed by atoms with Crippen LogP contribution in [-0.4, -0.2) is 19.6 Å². The normalized spacial score (nSPS) is 12.2. The molecule has 0 aliphatic heterocycles. The van der Waals surface area contributed by atoms with E-state index in [2.05, 4.69) is 22.0 Å². The largest absolute Gasteiger partial charge is 0.309 e. The van der Waals surface area contributed by atoms with Gasteiger partial charge in [0, 0.05) is 11.1 Å². The van der Waals surface area contributed by atoms with E-state index in [1.54, 1.807) is 30.3 Å². The maximum atomic E-state index is 12.2. The van der Waals surface area contributed by atoms with Crippen molar-refractivity contribution < 1.29 is 8.42 Å². The number of nitrogens with zero attached hydrogens (tertiary/aromatic N) is 2. The lowest BCUT2D eigenvalue weighted by Crippen LogP contribution is -1.96. The first-order valence-corrected chi connectivity index (χ1v) is 8.70. The third kappa shape index (κ3) is 3.15. The van der Waals surface area contributed by atoms with Gasteiger partial charge >= 0.3 is 10.0 Å². The summed E-state index contributed by atoms with van der Waals surface area (Å²) in [7, 11) is -3.77. The molecule has 0 atom stereocenters. The molecule has 0 saturated carbocycles. The Labute approximate surface area is 131 Å². The summed E-state index contributed by atoms with van der Waals surface area (Å²) in [5.74, 6) is 0. The number of fused-ring (bicyclic) bond motifs is 1. The summed E-state index contributed by atoms with van der Waals surface area (Å²) >= 11 is 5.29. The van der Waals surface area contributed by atoms with Crippen LogP contribution in [0.25, 0.3) is 10.2 Å². The van der Waals surface area contributed by atoms with Crippen LogP contribution in [0.2, 0.25) is 0 Å². The molecule has 0 unspecified atom stereocenters. The lowest BCUT2D eigenvalue weighted by atomic mass is 10.2. The zero-order valence-electron chi connectivity index (χ0n) is 10.7. The lowest BCUT2D eigenvalue weighted by molar-refractivity contribution is 0.597. The summed E-state index contributed by atoms with van der Waals surface area (Å²) in [6, 6.07) is 14.3. The van der Waals surface area contributed by atoms with E-state index in [4.69, 9.17) is 0 Å². The van der Waals surface area contributed by atoms with Crippen LogP contribution in [0.4, 0.5) is 0 Å². The molecule has 0 amide bonds. The molecule has 0 aliphatic carbocycles. The average molecular weight is 334 g/mol. The van der Waals surface area contributed by atoms with Crippen molar-refractivity contribution >= 4 is 50.4 Å². The van der Waals surface area contributed by atoms with Crippen LogP contribution in [0.3, 0.4) is 0 Å². The van der Waals surface area contributed by atoms with Gasteiger partial charge in [0.15, 0.2) is 0 Å². The number of benzene rings is 2. The third-order valence-corrected chi connectivity index (χ3v) is 5.66. The Hall–Kier alpha value is -1.70. The van der Waals surface area contributed by atoms with Gasteiger partial charge in [-0.15, -0.1) is 24.0 Å². The molecule has 0 N–H and O–H groups in total. The van der Waals surface area contributed by atoms with Crippen molar-refractivity contribution in [1.82, 2.24) is 4.98 Å². The number of thiazole rings is 1. The van der Waals surface area contributed by atoms with Gasteiger partial charge < -0.3 is 0 Å². The third-order valence-electron chi connectivity index (χ3n) is 2.73. The van der Waals surface area contributed by atoms with Gasteiger partial charge in [0.1, 0.15) is 0 Å². The van der Waals surface area contributed by atoms with E-state index in [1.807, 2.05) is 18.2 Å². The van der Waals surface area contributed by atoms with Crippen LogP contribution in [0, 0.1) is 0 Å². The van der Waals surface area contributed by atoms with Gasteiger partial charge in [-0.2, -0.15) is 12.8 Å². The highest BCUT2D eigenvalue weighted by Crippen LogP contribution is 2.26. The van der Waals surface area contributed by atoms with Crippen LogP contribution >= 0.6 is 24.0 Å².